The van der Waals surface area contributed by atoms with Gasteiger partial charge in [0.2, 0.25) is 5.65 Å². The predicted octanol–water partition coefficient (Wildman–Crippen LogP) is 0.433. The van der Waals surface area contributed by atoms with Gasteiger partial charge in [-0.2, -0.15) is 0 Å². The van der Waals surface area contributed by atoms with Crippen LogP contribution in [-0.4, -0.2) is 35.7 Å². The van der Waals surface area contributed by atoms with E-state index in [0.29, 0.717) is 0 Å². The monoisotopic (exact) mass is 229 g/mol. The number of hydrogen-bond acceptors (Lipinski definition) is 5. The van der Waals surface area contributed by atoms with Crippen molar-refractivity contribution in [2.45, 2.75) is 6.54 Å². The molecule has 0 bridgehead atoms. The smallest absolute Gasteiger partial charge is 0.203 e. The molecule has 1 N–H and O–H groups in total. The molecule has 0 saturated carbocycles. The molecule has 0 aliphatic carbocycles. The van der Waals surface area contributed by atoms with E-state index < -0.39 is 0 Å². The molecule has 17 heavy (non-hydrogen) atoms. The number of aromatic nitrogens is 6. The van der Waals surface area contributed by atoms with E-state index in [0.717, 1.165) is 24.6 Å². The fourth-order valence-corrected chi connectivity index (χ4v) is 1.61. The molecular formula is C10H11N7. The van der Waals surface area contributed by atoms with Crippen LogP contribution in [0.4, 0.5) is 5.82 Å². The van der Waals surface area contributed by atoms with Gasteiger partial charge in [-0.05, 0) is 0 Å². The largest absolute Gasteiger partial charge is 0.365 e. The number of rotatable bonds is 4. The molecular weight excluding hydrogens is 218 g/mol. The summed E-state index contributed by atoms with van der Waals surface area (Å²) >= 11 is 0. The Labute approximate surface area is 97.2 Å². The number of hydrogen-bond donors (Lipinski definition) is 1. The van der Waals surface area contributed by atoms with E-state index in [-0.39, 0.29) is 0 Å². The van der Waals surface area contributed by atoms with Crippen LogP contribution in [0.3, 0.4) is 0 Å². The van der Waals surface area contributed by atoms with Crippen LogP contribution in [0.15, 0.2) is 37.4 Å². The molecule has 3 aromatic heterocycles. The molecule has 86 valence electrons. The first kappa shape index (κ1) is 9.76. The molecule has 7 nitrogen and oxygen atoms in total. The highest BCUT2D eigenvalue weighted by molar-refractivity contribution is 5.61. The van der Waals surface area contributed by atoms with Crippen molar-refractivity contribution in [3.05, 3.63) is 37.4 Å². The Balaban J connectivity index is 1.70. The predicted molar refractivity (Wildman–Crippen MR) is 61.5 cm³/mol. The van der Waals surface area contributed by atoms with Crippen molar-refractivity contribution in [2.24, 2.45) is 0 Å². The molecule has 0 aliphatic heterocycles. The summed E-state index contributed by atoms with van der Waals surface area (Å²) in [6, 6.07) is 0. The molecule has 7 heteroatoms. The number of fused-ring (bicyclic) bond motifs is 1. The second-order valence-corrected chi connectivity index (χ2v) is 3.56. The maximum atomic E-state index is 4.24. The van der Waals surface area contributed by atoms with Crippen LogP contribution in [-0.2, 0) is 6.54 Å². The SMILES string of the molecule is c1cn(CCNc2nccn3cnnc23)cn1. The molecule has 0 fully saturated rings. The Morgan fingerprint density at radius 1 is 1.18 bits per heavy atom. The fraction of sp³-hybridized carbons (Fsp3) is 0.200. The molecule has 0 aromatic carbocycles. The summed E-state index contributed by atoms with van der Waals surface area (Å²) in [7, 11) is 0. The van der Waals surface area contributed by atoms with E-state index >= 15 is 0 Å². The van der Waals surface area contributed by atoms with E-state index in [9.17, 15) is 0 Å². The van der Waals surface area contributed by atoms with E-state index in [4.69, 9.17) is 0 Å². The summed E-state index contributed by atoms with van der Waals surface area (Å²) in [5, 5.41) is 11.1. The third kappa shape index (κ3) is 1.94. The van der Waals surface area contributed by atoms with Crippen LogP contribution in [0.1, 0.15) is 0 Å². The number of nitrogens with one attached hydrogen (secondary N) is 1. The molecule has 3 heterocycles. The van der Waals surface area contributed by atoms with Crippen LogP contribution in [0.25, 0.3) is 5.65 Å². The average Bonchev–Trinajstić information content (AvgIpc) is 2.99. The van der Waals surface area contributed by atoms with E-state index in [1.807, 2.05) is 21.4 Å². The zero-order chi connectivity index (χ0) is 11.5. The van der Waals surface area contributed by atoms with Gasteiger partial charge in [0.05, 0.1) is 6.33 Å². The standard InChI is InChI=1S/C10H11N7/c1-4-16(7-11-1)5-2-12-9-10-15-14-8-17(10)6-3-13-9/h1,3-4,6-8H,2,5H2,(H,12,13). The van der Waals surface area contributed by atoms with Crippen molar-refractivity contribution in [3.63, 3.8) is 0 Å². The first-order chi connectivity index (χ1) is 8.43. The topological polar surface area (TPSA) is 72.9 Å². The molecule has 0 atom stereocenters. The van der Waals surface area contributed by atoms with Gasteiger partial charge in [0.1, 0.15) is 6.33 Å². The lowest BCUT2D eigenvalue weighted by atomic mass is 10.5. The van der Waals surface area contributed by atoms with Gasteiger partial charge in [0.25, 0.3) is 0 Å². The molecule has 0 unspecified atom stereocenters. The summed E-state index contributed by atoms with van der Waals surface area (Å²) in [6.07, 6.45) is 10.7. The fourth-order valence-electron chi connectivity index (χ4n) is 1.61. The summed E-state index contributed by atoms with van der Waals surface area (Å²) < 4.78 is 3.82. The molecule has 0 amide bonds. The molecule has 0 saturated heterocycles. The lowest BCUT2D eigenvalue weighted by molar-refractivity contribution is 0.725. The highest BCUT2D eigenvalue weighted by Crippen LogP contribution is 2.08. The summed E-state index contributed by atoms with van der Waals surface area (Å²) in [5.74, 6) is 0.741. The summed E-state index contributed by atoms with van der Waals surface area (Å²) in [4.78, 5) is 8.22. The molecule has 0 radical (unpaired) electrons. The maximum absolute atomic E-state index is 4.24. The molecule has 3 rings (SSSR count). The quantitative estimate of drug-likeness (QED) is 0.702. The molecule has 0 spiro atoms. The first-order valence-corrected chi connectivity index (χ1v) is 5.27. The second kappa shape index (κ2) is 4.20. The van der Waals surface area contributed by atoms with Gasteiger partial charge < -0.3 is 9.88 Å². The van der Waals surface area contributed by atoms with Crippen molar-refractivity contribution in [3.8, 4) is 0 Å². The lowest BCUT2D eigenvalue weighted by Gasteiger charge is -2.06. The third-order valence-corrected chi connectivity index (χ3v) is 2.44. The van der Waals surface area contributed by atoms with E-state index in [1.54, 1.807) is 25.0 Å². The van der Waals surface area contributed by atoms with Crippen LogP contribution >= 0.6 is 0 Å². The van der Waals surface area contributed by atoms with Gasteiger partial charge in [-0.25, -0.2) is 9.97 Å². The number of nitrogens with zero attached hydrogens (tertiary/aromatic N) is 6. The zero-order valence-corrected chi connectivity index (χ0v) is 9.06. The minimum atomic E-state index is 0.734. The zero-order valence-electron chi connectivity index (χ0n) is 9.06. The van der Waals surface area contributed by atoms with Crippen molar-refractivity contribution in [1.82, 2.24) is 29.1 Å². The Kier molecular flexibility index (Phi) is 2.41. The number of imidazole rings is 1. The molecule has 0 aliphatic rings. The van der Waals surface area contributed by atoms with Crippen LogP contribution in [0.5, 0.6) is 0 Å². The van der Waals surface area contributed by atoms with Crippen molar-refractivity contribution in [1.29, 1.82) is 0 Å². The summed E-state index contributed by atoms with van der Waals surface area (Å²) in [6.45, 7) is 1.59. The van der Waals surface area contributed by atoms with Crippen LogP contribution in [0.2, 0.25) is 0 Å². The van der Waals surface area contributed by atoms with Gasteiger partial charge in [-0.3, -0.25) is 4.40 Å². The van der Waals surface area contributed by atoms with Gasteiger partial charge in [-0.1, -0.05) is 0 Å². The highest BCUT2D eigenvalue weighted by Gasteiger charge is 2.03. The molecule has 3 aromatic rings. The van der Waals surface area contributed by atoms with Gasteiger partial charge >= 0.3 is 0 Å². The minimum Gasteiger partial charge on any atom is -0.365 e. The van der Waals surface area contributed by atoms with Crippen LogP contribution in [0, 0.1) is 0 Å². The average molecular weight is 229 g/mol. The van der Waals surface area contributed by atoms with Crippen LogP contribution < -0.4 is 5.32 Å². The first-order valence-electron chi connectivity index (χ1n) is 5.27. The van der Waals surface area contributed by atoms with Gasteiger partial charge in [0.15, 0.2) is 5.82 Å². The third-order valence-electron chi connectivity index (χ3n) is 2.44. The maximum Gasteiger partial charge on any atom is 0.203 e. The summed E-state index contributed by atoms with van der Waals surface area (Å²) in [5.41, 5.74) is 0.734. The Morgan fingerprint density at radius 3 is 3.06 bits per heavy atom. The van der Waals surface area contributed by atoms with Gasteiger partial charge in [0, 0.05) is 37.9 Å². The van der Waals surface area contributed by atoms with E-state index in [1.165, 1.54) is 0 Å². The second-order valence-electron chi connectivity index (χ2n) is 3.56. The van der Waals surface area contributed by atoms with Crippen molar-refractivity contribution < 1.29 is 0 Å². The Morgan fingerprint density at radius 2 is 2.18 bits per heavy atom. The number of anilines is 1. The minimum absolute atomic E-state index is 0.734. The van der Waals surface area contributed by atoms with E-state index in [2.05, 4.69) is 25.5 Å². The van der Waals surface area contributed by atoms with Crippen molar-refractivity contribution in [2.75, 3.05) is 11.9 Å². The highest BCUT2D eigenvalue weighted by atomic mass is 15.2. The Hall–Kier alpha value is -2.44. The van der Waals surface area contributed by atoms with Gasteiger partial charge in [-0.15, -0.1) is 10.2 Å². The Bertz CT molecular complexity index is 598. The lowest BCUT2D eigenvalue weighted by Crippen LogP contribution is -2.11. The normalized spacial score (nSPS) is 10.8. The van der Waals surface area contributed by atoms with Crippen molar-refractivity contribution >= 4 is 11.5 Å².